The minimum atomic E-state index is -1.97. The highest BCUT2D eigenvalue weighted by molar-refractivity contribution is 14.1. The molecule has 0 saturated carbocycles. The number of allylic oxidation sites excluding steroid dienone is 1. The van der Waals surface area contributed by atoms with E-state index in [1.54, 1.807) is 0 Å². The molecule has 0 aromatic heterocycles. The van der Waals surface area contributed by atoms with Crippen molar-refractivity contribution in [2.75, 3.05) is 0 Å². The molecule has 0 aliphatic heterocycles. The Morgan fingerprint density at radius 3 is 2.00 bits per heavy atom. The van der Waals surface area contributed by atoms with Crippen molar-refractivity contribution in [3.05, 3.63) is 12.2 Å². The molecule has 1 unspecified atom stereocenters. The lowest BCUT2D eigenvalue weighted by Crippen LogP contribution is -1.75. The number of halogens is 4. The van der Waals surface area contributed by atoms with E-state index < -0.39 is 10.3 Å². The molecule has 0 aromatic carbocycles. The van der Waals surface area contributed by atoms with Crippen LogP contribution in [-0.2, 0) is 0 Å². The van der Waals surface area contributed by atoms with Crippen LogP contribution in [0.4, 0.5) is 13.2 Å². The molecule has 0 aliphatic carbocycles. The van der Waals surface area contributed by atoms with E-state index in [9.17, 15) is 13.2 Å². The summed E-state index contributed by atoms with van der Waals surface area (Å²) >= 11 is 1.23. The van der Waals surface area contributed by atoms with Crippen LogP contribution in [0.2, 0.25) is 0 Å². The Hall–Kier alpha value is 0.260. The topological polar surface area (TPSA) is 0 Å². The van der Waals surface area contributed by atoms with Crippen molar-refractivity contribution in [1.82, 2.24) is 0 Å². The largest absolute Gasteiger partial charge is 0.270 e. The molecule has 0 saturated heterocycles. The predicted molar refractivity (Wildman–Crippen MR) is 29.2 cm³/mol. The Labute approximate surface area is 52.5 Å². The van der Waals surface area contributed by atoms with E-state index in [0.29, 0.717) is 0 Å². The Morgan fingerprint density at radius 1 is 1.57 bits per heavy atom. The monoisotopic (exact) mass is 222 g/mol. The SMILES string of the molecule is FC(F)=CC(F)I. The molecule has 0 aliphatic rings. The Balaban J connectivity index is 3.45. The van der Waals surface area contributed by atoms with Crippen molar-refractivity contribution in [2.45, 2.75) is 4.18 Å². The zero-order chi connectivity index (χ0) is 5.86. The van der Waals surface area contributed by atoms with E-state index >= 15 is 0 Å². The summed E-state index contributed by atoms with van der Waals surface area (Å²) in [5.41, 5.74) is 0. The van der Waals surface area contributed by atoms with E-state index in [-0.39, 0.29) is 6.08 Å². The first-order chi connectivity index (χ1) is 3.13. The first-order valence-electron chi connectivity index (χ1n) is 1.44. The maximum atomic E-state index is 11.4. The first-order valence-corrected chi connectivity index (χ1v) is 2.68. The fourth-order valence-corrected chi connectivity index (χ4v) is 0.367. The average Bonchev–Trinajstić information content (AvgIpc) is 1.27. The van der Waals surface area contributed by atoms with Gasteiger partial charge in [0.05, 0.1) is 0 Å². The highest BCUT2D eigenvalue weighted by Gasteiger charge is 1.95. The summed E-state index contributed by atoms with van der Waals surface area (Å²) in [6.45, 7) is 0. The van der Waals surface area contributed by atoms with Crippen LogP contribution in [-0.4, -0.2) is 4.18 Å². The second-order valence-electron chi connectivity index (χ2n) is 0.791. The summed E-state index contributed by atoms with van der Waals surface area (Å²) in [5, 5.41) is 0. The third-order valence-corrected chi connectivity index (χ3v) is 0.612. The number of hydrogen-bond acceptors (Lipinski definition) is 0. The molecule has 0 fully saturated rings. The van der Waals surface area contributed by atoms with Crippen molar-refractivity contribution >= 4 is 22.6 Å². The van der Waals surface area contributed by atoms with Crippen molar-refractivity contribution in [2.24, 2.45) is 0 Å². The lowest BCUT2D eigenvalue weighted by Gasteiger charge is -1.81. The maximum Gasteiger partial charge on any atom is 0.270 e. The number of rotatable bonds is 1. The minimum absolute atomic E-state index is 0.237. The smallest absolute Gasteiger partial charge is 0.231 e. The summed E-state index contributed by atoms with van der Waals surface area (Å²) in [4.78, 5) is 0. The van der Waals surface area contributed by atoms with E-state index in [2.05, 4.69) is 0 Å². The lowest BCUT2D eigenvalue weighted by molar-refractivity contribution is 0.406. The van der Waals surface area contributed by atoms with E-state index in [0.717, 1.165) is 0 Å². The normalized spacial score (nSPS) is 13.1. The number of alkyl halides is 2. The number of hydrogen-bond donors (Lipinski definition) is 0. The van der Waals surface area contributed by atoms with Gasteiger partial charge >= 0.3 is 0 Å². The van der Waals surface area contributed by atoms with Gasteiger partial charge in [0.2, 0.25) is 0 Å². The second-order valence-corrected chi connectivity index (χ2v) is 1.98. The summed E-state index contributed by atoms with van der Waals surface area (Å²) in [7, 11) is 0. The van der Waals surface area contributed by atoms with Gasteiger partial charge in [0.1, 0.15) is 0 Å². The molecule has 0 spiro atoms. The molecule has 7 heavy (non-hydrogen) atoms. The zero-order valence-electron chi connectivity index (χ0n) is 3.17. The molecule has 0 heterocycles. The standard InChI is InChI=1S/C3H2F3I/c4-2(5)1-3(6)7/h1,3H. The van der Waals surface area contributed by atoms with Gasteiger partial charge in [-0.25, -0.2) is 4.39 Å². The van der Waals surface area contributed by atoms with Crippen LogP contribution in [0.1, 0.15) is 0 Å². The Bertz CT molecular complexity index is 74.2. The predicted octanol–water partition coefficient (Wildman–Crippen LogP) is 2.50. The third kappa shape index (κ3) is 6.26. The van der Waals surface area contributed by atoms with Crippen LogP contribution in [0.15, 0.2) is 12.2 Å². The highest BCUT2D eigenvalue weighted by Crippen LogP contribution is 2.08. The van der Waals surface area contributed by atoms with E-state index in [4.69, 9.17) is 0 Å². The van der Waals surface area contributed by atoms with Crippen LogP contribution >= 0.6 is 22.6 Å². The van der Waals surface area contributed by atoms with Gasteiger partial charge in [-0.3, -0.25) is 0 Å². The van der Waals surface area contributed by atoms with Crippen molar-refractivity contribution < 1.29 is 13.2 Å². The van der Waals surface area contributed by atoms with Gasteiger partial charge in [0.25, 0.3) is 6.08 Å². The Kier molecular flexibility index (Phi) is 3.41. The van der Waals surface area contributed by atoms with E-state index in [1.807, 2.05) is 0 Å². The summed E-state index contributed by atoms with van der Waals surface area (Å²) in [6.07, 6.45) is -1.73. The van der Waals surface area contributed by atoms with Crippen LogP contribution in [0, 0.1) is 0 Å². The first kappa shape index (κ1) is 7.26. The molecule has 0 radical (unpaired) electrons. The van der Waals surface area contributed by atoms with Gasteiger partial charge in [0, 0.05) is 6.08 Å². The van der Waals surface area contributed by atoms with Crippen LogP contribution < -0.4 is 0 Å². The molecule has 42 valence electrons. The van der Waals surface area contributed by atoms with Crippen LogP contribution in [0.5, 0.6) is 0 Å². The van der Waals surface area contributed by atoms with Gasteiger partial charge < -0.3 is 0 Å². The molecule has 1 atom stereocenters. The highest BCUT2D eigenvalue weighted by atomic mass is 127. The molecule has 0 bridgehead atoms. The Morgan fingerprint density at radius 2 is 2.00 bits per heavy atom. The summed E-state index contributed by atoms with van der Waals surface area (Å²) < 4.78 is 31.6. The van der Waals surface area contributed by atoms with Crippen LogP contribution in [0.3, 0.4) is 0 Å². The molecular weight excluding hydrogens is 220 g/mol. The quantitative estimate of drug-likeness (QED) is 0.472. The molecule has 0 rings (SSSR count). The molecule has 0 N–H and O–H groups in total. The fraction of sp³-hybridized carbons (Fsp3) is 0.333. The fourth-order valence-electron chi connectivity index (χ4n) is 0.0952. The molecule has 4 heteroatoms. The van der Waals surface area contributed by atoms with Gasteiger partial charge in [-0.15, -0.1) is 0 Å². The van der Waals surface area contributed by atoms with Gasteiger partial charge in [-0.2, -0.15) is 8.78 Å². The van der Waals surface area contributed by atoms with Crippen LogP contribution in [0.25, 0.3) is 0 Å². The zero-order valence-corrected chi connectivity index (χ0v) is 5.32. The molecular formula is C3H2F3I. The summed E-state index contributed by atoms with van der Waals surface area (Å²) in [5.74, 6) is 0. The van der Waals surface area contributed by atoms with E-state index in [1.165, 1.54) is 22.6 Å². The molecule has 0 amide bonds. The minimum Gasteiger partial charge on any atom is -0.231 e. The van der Waals surface area contributed by atoms with Gasteiger partial charge in [-0.1, -0.05) is 0 Å². The lowest BCUT2D eigenvalue weighted by atomic mass is 10.7. The molecule has 0 nitrogen and oxygen atoms in total. The van der Waals surface area contributed by atoms with Crippen molar-refractivity contribution in [3.8, 4) is 0 Å². The second kappa shape index (κ2) is 3.29. The van der Waals surface area contributed by atoms with Crippen molar-refractivity contribution in [1.29, 1.82) is 0 Å². The summed E-state index contributed by atoms with van der Waals surface area (Å²) in [6, 6.07) is 0. The van der Waals surface area contributed by atoms with Gasteiger partial charge in [0.15, 0.2) is 4.18 Å². The van der Waals surface area contributed by atoms with Gasteiger partial charge in [-0.05, 0) is 22.6 Å². The van der Waals surface area contributed by atoms with Crippen molar-refractivity contribution in [3.63, 3.8) is 0 Å². The third-order valence-electron chi connectivity index (χ3n) is 0.252. The molecule has 0 aromatic rings. The average molecular weight is 222 g/mol. The maximum absolute atomic E-state index is 11.4.